The third-order valence-electron chi connectivity index (χ3n) is 2.75. The van der Waals surface area contributed by atoms with Gasteiger partial charge in [-0.05, 0) is 31.0 Å². The van der Waals surface area contributed by atoms with E-state index in [-0.39, 0.29) is 17.0 Å². The third kappa shape index (κ3) is 2.95. The SMILES string of the molecule is C#CCN(C)S(=O)(=O)c1cc(C(=O)O)c(C)cc1C. The molecule has 102 valence electrons. The Morgan fingerprint density at radius 3 is 2.42 bits per heavy atom. The van der Waals surface area contributed by atoms with Crippen molar-refractivity contribution in [3.63, 3.8) is 0 Å². The van der Waals surface area contributed by atoms with Gasteiger partial charge in [0.2, 0.25) is 10.0 Å². The Balaban J connectivity index is 3.48. The summed E-state index contributed by atoms with van der Waals surface area (Å²) >= 11 is 0. The number of terminal acetylenes is 1. The summed E-state index contributed by atoms with van der Waals surface area (Å²) in [5, 5.41) is 9.05. The van der Waals surface area contributed by atoms with E-state index in [4.69, 9.17) is 11.5 Å². The van der Waals surface area contributed by atoms with Crippen molar-refractivity contribution in [1.29, 1.82) is 0 Å². The predicted molar refractivity (Wildman–Crippen MR) is 71.5 cm³/mol. The first-order valence-corrected chi connectivity index (χ1v) is 6.90. The summed E-state index contributed by atoms with van der Waals surface area (Å²) in [6, 6.07) is 2.72. The van der Waals surface area contributed by atoms with E-state index >= 15 is 0 Å². The van der Waals surface area contributed by atoms with Crippen LogP contribution in [-0.2, 0) is 10.0 Å². The van der Waals surface area contributed by atoms with Gasteiger partial charge in [0.15, 0.2) is 0 Å². The lowest BCUT2D eigenvalue weighted by atomic mass is 10.1. The monoisotopic (exact) mass is 281 g/mol. The van der Waals surface area contributed by atoms with Crippen LogP contribution in [0.25, 0.3) is 0 Å². The molecular formula is C13H15NO4S. The number of nitrogens with zero attached hydrogens (tertiary/aromatic N) is 1. The van der Waals surface area contributed by atoms with E-state index in [2.05, 4.69) is 5.92 Å². The van der Waals surface area contributed by atoms with Gasteiger partial charge < -0.3 is 5.11 Å². The molecule has 0 aliphatic rings. The van der Waals surface area contributed by atoms with Crippen LogP contribution >= 0.6 is 0 Å². The maximum atomic E-state index is 12.3. The van der Waals surface area contributed by atoms with Crippen molar-refractivity contribution in [3.8, 4) is 12.3 Å². The second-order valence-electron chi connectivity index (χ2n) is 4.20. The molecule has 0 fully saturated rings. The maximum absolute atomic E-state index is 12.3. The Kier molecular flexibility index (Phi) is 4.35. The zero-order valence-corrected chi connectivity index (χ0v) is 11.8. The Hall–Kier alpha value is -1.84. The molecule has 5 nitrogen and oxygen atoms in total. The van der Waals surface area contributed by atoms with E-state index in [0.29, 0.717) is 11.1 Å². The molecule has 6 heteroatoms. The Bertz CT molecular complexity index is 656. The highest BCUT2D eigenvalue weighted by Gasteiger charge is 2.24. The van der Waals surface area contributed by atoms with Gasteiger partial charge in [0.25, 0.3) is 0 Å². The summed E-state index contributed by atoms with van der Waals surface area (Å²) in [6.07, 6.45) is 5.09. The fourth-order valence-electron chi connectivity index (χ4n) is 1.72. The highest BCUT2D eigenvalue weighted by molar-refractivity contribution is 7.89. The smallest absolute Gasteiger partial charge is 0.335 e. The second-order valence-corrected chi connectivity index (χ2v) is 6.22. The first-order valence-electron chi connectivity index (χ1n) is 5.46. The zero-order chi connectivity index (χ0) is 14.8. The number of aromatic carboxylic acids is 1. The first-order chi connectivity index (χ1) is 8.71. The lowest BCUT2D eigenvalue weighted by molar-refractivity contribution is 0.0696. The van der Waals surface area contributed by atoms with Crippen molar-refractivity contribution in [2.24, 2.45) is 0 Å². The highest BCUT2D eigenvalue weighted by Crippen LogP contribution is 2.23. The minimum atomic E-state index is -3.78. The molecule has 1 aromatic rings. The molecule has 0 saturated carbocycles. The van der Waals surface area contributed by atoms with Crippen molar-refractivity contribution in [3.05, 3.63) is 28.8 Å². The number of hydrogen-bond acceptors (Lipinski definition) is 3. The van der Waals surface area contributed by atoms with Gasteiger partial charge >= 0.3 is 5.97 Å². The molecule has 0 bridgehead atoms. The van der Waals surface area contributed by atoms with Gasteiger partial charge in [-0.2, -0.15) is 4.31 Å². The molecule has 0 radical (unpaired) electrons. The van der Waals surface area contributed by atoms with E-state index < -0.39 is 16.0 Å². The average molecular weight is 281 g/mol. The fraction of sp³-hybridized carbons (Fsp3) is 0.308. The lowest BCUT2D eigenvalue weighted by Gasteiger charge is -2.17. The molecule has 0 aromatic heterocycles. The minimum absolute atomic E-state index is 0.0294. The van der Waals surface area contributed by atoms with Crippen LogP contribution in [0.2, 0.25) is 0 Å². The van der Waals surface area contributed by atoms with Gasteiger partial charge in [-0.25, -0.2) is 13.2 Å². The molecular weight excluding hydrogens is 266 g/mol. The topological polar surface area (TPSA) is 74.7 Å². The fourth-order valence-corrected chi connectivity index (χ4v) is 3.04. The van der Waals surface area contributed by atoms with E-state index in [1.54, 1.807) is 19.9 Å². The molecule has 19 heavy (non-hydrogen) atoms. The summed E-state index contributed by atoms with van der Waals surface area (Å²) in [5.41, 5.74) is 0.980. The normalized spacial score (nSPS) is 11.3. The van der Waals surface area contributed by atoms with Gasteiger partial charge in [0, 0.05) is 7.05 Å². The number of carbonyl (C=O) groups is 1. The molecule has 0 saturated heterocycles. The van der Waals surface area contributed by atoms with Crippen molar-refractivity contribution in [2.45, 2.75) is 18.7 Å². The highest BCUT2D eigenvalue weighted by atomic mass is 32.2. The summed E-state index contributed by atoms with van der Waals surface area (Å²) < 4.78 is 25.5. The van der Waals surface area contributed by atoms with E-state index in [9.17, 15) is 13.2 Å². The standard InChI is InChI=1S/C13H15NO4S/c1-5-6-14(4)19(17,18)12-8-11(13(15)16)9(2)7-10(12)3/h1,7-8H,6H2,2-4H3,(H,15,16). The molecule has 1 N–H and O–H groups in total. The summed E-state index contributed by atoms with van der Waals surface area (Å²) in [4.78, 5) is 11.0. The number of benzene rings is 1. The first kappa shape index (κ1) is 15.2. The van der Waals surface area contributed by atoms with Crippen LogP contribution in [-0.4, -0.2) is 37.4 Å². The molecule has 0 amide bonds. The zero-order valence-electron chi connectivity index (χ0n) is 11.0. The number of rotatable bonds is 4. The number of aryl methyl sites for hydroxylation is 2. The van der Waals surface area contributed by atoms with Crippen molar-refractivity contribution >= 4 is 16.0 Å². The molecule has 0 heterocycles. The Labute approximate surface area is 112 Å². The average Bonchev–Trinajstić information content (AvgIpc) is 2.28. The maximum Gasteiger partial charge on any atom is 0.335 e. The van der Waals surface area contributed by atoms with Crippen molar-refractivity contribution < 1.29 is 18.3 Å². The number of carboxylic acid groups (broad SMARTS) is 1. The molecule has 1 rings (SSSR count). The van der Waals surface area contributed by atoms with Gasteiger partial charge in [-0.1, -0.05) is 12.0 Å². The molecule has 0 spiro atoms. The van der Waals surface area contributed by atoms with Crippen LogP contribution in [0.5, 0.6) is 0 Å². The summed E-state index contributed by atoms with van der Waals surface area (Å²) in [6.45, 7) is 3.17. The molecule has 0 atom stereocenters. The number of hydrogen-bond donors (Lipinski definition) is 1. The van der Waals surface area contributed by atoms with Crippen molar-refractivity contribution in [2.75, 3.05) is 13.6 Å². The van der Waals surface area contributed by atoms with Gasteiger partial charge in [0.1, 0.15) is 0 Å². The molecule has 0 unspecified atom stereocenters. The van der Waals surface area contributed by atoms with Gasteiger partial charge in [0.05, 0.1) is 17.0 Å². The van der Waals surface area contributed by atoms with Crippen LogP contribution < -0.4 is 0 Å². The van der Waals surface area contributed by atoms with E-state index in [1.807, 2.05) is 0 Å². The quantitative estimate of drug-likeness (QED) is 0.843. The third-order valence-corrected chi connectivity index (χ3v) is 4.70. The van der Waals surface area contributed by atoms with Crippen LogP contribution in [0.15, 0.2) is 17.0 Å². The number of sulfonamides is 1. The summed E-state index contributed by atoms with van der Waals surface area (Å²) in [5.74, 6) is 1.08. The Morgan fingerprint density at radius 1 is 1.37 bits per heavy atom. The Morgan fingerprint density at radius 2 is 1.95 bits per heavy atom. The van der Waals surface area contributed by atoms with Crippen LogP contribution in [0.4, 0.5) is 0 Å². The molecule has 0 aliphatic carbocycles. The largest absolute Gasteiger partial charge is 0.478 e. The van der Waals surface area contributed by atoms with Crippen LogP contribution in [0.1, 0.15) is 21.5 Å². The van der Waals surface area contributed by atoms with Gasteiger partial charge in [-0.3, -0.25) is 0 Å². The van der Waals surface area contributed by atoms with Crippen LogP contribution in [0.3, 0.4) is 0 Å². The van der Waals surface area contributed by atoms with E-state index in [0.717, 1.165) is 4.31 Å². The van der Waals surface area contributed by atoms with E-state index in [1.165, 1.54) is 13.1 Å². The number of carboxylic acids is 1. The predicted octanol–water partition coefficient (Wildman–Crippen LogP) is 1.26. The lowest BCUT2D eigenvalue weighted by Crippen LogP contribution is -2.28. The van der Waals surface area contributed by atoms with Crippen LogP contribution in [0, 0.1) is 26.2 Å². The minimum Gasteiger partial charge on any atom is -0.478 e. The molecule has 1 aromatic carbocycles. The van der Waals surface area contributed by atoms with Gasteiger partial charge in [-0.15, -0.1) is 6.42 Å². The molecule has 0 aliphatic heterocycles. The van der Waals surface area contributed by atoms with Crippen molar-refractivity contribution in [1.82, 2.24) is 4.31 Å². The summed E-state index contributed by atoms with van der Waals surface area (Å²) in [7, 11) is -2.42. The second kappa shape index (κ2) is 5.43.